The van der Waals surface area contributed by atoms with Crippen LogP contribution in [0.15, 0.2) is 47.2 Å². The highest BCUT2D eigenvalue weighted by Crippen LogP contribution is 2.44. The number of nitrogens with one attached hydrogen (secondary N) is 1. The Morgan fingerprint density at radius 3 is 3.15 bits per heavy atom. The second kappa shape index (κ2) is 5.73. The van der Waals surface area contributed by atoms with Crippen molar-refractivity contribution in [3.63, 3.8) is 0 Å². The summed E-state index contributed by atoms with van der Waals surface area (Å²) in [5.74, 6) is -0.0511. The fourth-order valence-corrected chi connectivity index (χ4v) is 2.68. The van der Waals surface area contributed by atoms with E-state index in [-0.39, 0.29) is 17.1 Å². The van der Waals surface area contributed by atoms with Gasteiger partial charge in [0.05, 0.1) is 17.4 Å². The first-order valence-corrected chi connectivity index (χ1v) is 7.05. The number of hydrogen-bond donors (Lipinski definition) is 1. The molecule has 3 aliphatic rings. The van der Waals surface area contributed by atoms with Crippen molar-refractivity contribution in [3.8, 4) is 0 Å². The molecule has 2 atom stereocenters. The molecule has 20 heavy (non-hydrogen) atoms. The molecule has 0 aromatic rings. The molecule has 0 unspecified atom stereocenters. The number of nitro groups is 1. The average Bonchev–Trinajstić information content (AvgIpc) is 3.18. The number of piperidine rings is 1. The van der Waals surface area contributed by atoms with Crippen LogP contribution in [0.2, 0.25) is 0 Å². The van der Waals surface area contributed by atoms with Crippen LogP contribution in [0, 0.1) is 16.0 Å². The Labute approximate surface area is 117 Å². The van der Waals surface area contributed by atoms with E-state index in [4.69, 9.17) is 4.74 Å². The molecule has 2 aliphatic carbocycles. The number of rotatable bonds is 5. The van der Waals surface area contributed by atoms with Crippen molar-refractivity contribution < 1.29 is 9.66 Å². The average molecular weight is 274 g/mol. The van der Waals surface area contributed by atoms with Gasteiger partial charge in [0.15, 0.2) is 0 Å². The molecule has 1 aliphatic heterocycles. The fraction of sp³-hybridized carbons (Fsp3) is 0.467. The van der Waals surface area contributed by atoms with Crippen molar-refractivity contribution in [2.24, 2.45) is 5.92 Å². The number of allylic oxidation sites excluding steroid dienone is 6. The highest BCUT2D eigenvalue weighted by Gasteiger charge is 2.45. The van der Waals surface area contributed by atoms with Crippen LogP contribution in [-0.4, -0.2) is 24.3 Å². The van der Waals surface area contributed by atoms with Gasteiger partial charge >= 0.3 is 0 Å². The Hall–Kier alpha value is -1.72. The summed E-state index contributed by atoms with van der Waals surface area (Å²) in [5.41, 5.74) is 2.17. The molecular weight excluding hydrogens is 256 g/mol. The van der Waals surface area contributed by atoms with Gasteiger partial charge in [-0.3, -0.25) is 15.4 Å². The van der Waals surface area contributed by atoms with Gasteiger partial charge in [-0.25, -0.2) is 0 Å². The third kappa shape index (κ3) is 2.89. The van der Waals surface area contributed by atoms with Crippen LogP contribution in [0.4, 0.5) is 0 Å². The van der Waals surface area contributed by atoms with Gasteiger partial charge in [-0.15, -0.1) is 0 Å². The zero-order chi connectivity index (χ0) is 13.9. The molecule has 0 radical (unpaired) electrons. The van der Waals surface area contributed by atoms with Crippen LogP contribution in [0.25, 0.3) is 0 Å². The molecule has 106 valence electrons. The van der Waals surface area contributed by atoms with Gasteiger partial charge in [-0.2, -0.15) is 0 Å². The molecular formula is C15H18N2O3. The van der Waals surface area contributed by atoms with Gasteiger partial charge in [0.25, 0.3) is 5.70 Å². The maximum Gasteiger partial charge on any atom is 0.262 e. The summed E-state index contributed by atoms with van der Waals surface area (Å²) in [7, 11) is 0. The predicted octanol–water partition coefficient (Wildman–Crippen LogP) is 2.32. The van der Waals surface area contributed by atoms with Gasteiger partial charge < -0.3 is 4.74 Å². The lowest BCUT2D eigenvalue weighted by Gasteiger charge is -2.22. The number of hydrogen-bond acceptors (Lipinski definition) is 4. The molecule has 1 heterocycles. The van der Waals surface area contributed by atoms with Crippen LogP contribution in [0.1, 0.15) is 19.3 Å². The molecule has 0 saturated carbocycles. The highest BCUT2D eigenvalue weighted by atomic mass is 16.6. The monoisotopic (exact) mass is 274 g/mol. The van der Waals surface area contributed by atoms with Crippen LogP contribution in [0.3, 0.4) is 0 Å². The number of fused-ring (bicyclic) bond motifs is 1. The van der Waals surface area contributed by atoms with E-state index in [0.29, 0.717) is 12.3 Å². The van der Waals surface area contributed by atoms with Crippen molar-refractivity contribution in [2.75, 3.05) is 13.2 Å². The first-order valence-electron chi connectivity index (χ1n) is 7.05. The number of nitrogens with zero attached hydrogens (tertiary/aromatic N) is 1. The van der Waals surface area contributed by atoms with Crippen molar-refractivity contribution in [1.82, 2.24) is 5.32 Å². The maximum atomic E-state index is 10.7. The second-order valence-electron chi connectivity index (χ2n) is 5.25. The molecule has 0 bridgehead atoms. The first kappa shape index (κ1) is 13.3. The maximum absolute atomic E-state index is 10.7. The van der Waals surface area contributed by atoms with Gasteiger partial charge in [0, 0.05) is 5.57 Å². The minimum atomic E-state index is -0.286. The zero-order valence-corrected chi connectivity index (χ0v) is 11.2. The first-order chi connectivity index (χ1) is 9.75. The number of ether oxygens (including phenoxy) is 1. The highest BCUT2D eigenvalue weighted by molar-refractivity contribution is 5.57. The SMILES string of the molecule is O=[N+]([O-])C1=C2C=C(/C=C/CO[C@H]3CCCCN3)C=C[C@@H]21. The summed E-state index contributed by atoms with van der Waals surface area (Å²) in [6, 6.07) is 0. The topological polar surface area (TPSA) is 64.4 Å². The van der Waals surface area contributed by atoms with Crippen molar-refractivity contribution in [2.45, 2.75) is 25.5 Å². The molecule has 0 amide bonds. The Morgan fingerprint density at radius 1 is 1.50 bits per heavy atom. The van der Waals surface area contributed by atoms with Gasteiger partial charge in [0.2, 0.25) is 0 Å². The third-order valence-corrected chi connectivity index (χ3v) is 3.81. The Balaban J connectivity index is 1.48. The molecule has 1 N–H and O–H groups in total. The van der Waals surface area contributed by atoms with E-state index in [9.17, 15) is 10.1 Å². The summed E-state index contributed by atoms with van der Waals surface area (Å²) in [4.78, 5) is 10.4. The second-order valence-corrected chi connectivity index (χ2v) is 5.25. The lowest BCUT2D eigenvalue weighted by molar-refractivity contribution is -0.420. The van der Waals surface area contributed by atoms with Crippen molar-refractivity contribution in [3.05, 3.63) is 57.3 Å². The van der Waals surface area contributed by atoms with E-state index in [1.807, 2.05) is 30.4 Å². The standard InChI is InChI=1S/C15H18N2O3/c18-17(19)15-12-7-6-11(10-13(12)15)4-3-9-20-14-5-1-2-8-16-14/h3-4,6-7,10,12,14,16H,1-2,5,8-9H2/b4-3+/t12-,14-/m0/s1. The largest absolute Gasteiger partial charge is 0.359 e. The van der Waals surface area contributed by atoms with Gasteiger partial charge in [0.1, 0.15) is 6.23 Å². The quantitative estimate of drug-likeness (QED) is 0.617. The minimum absolute atomic E-state index is 0.0511. The van der Waals surface area contributed by atoms with E-state index in [1.54, 1.807) is 0 Å². The van der Waals surface area contributed by atoms with Crippen LogP contribution in [-0.2, 0) is 4.74 Å². The Bertz CT molecular complexity index is 525. The lowest BCUT2D eigenvalue weighted by atomic mass is 10.1. The smallest absolute Gasteiger partial charge is 0.262 e. The fourth-order valence-electron chi connectivity index (χ4n) is 2.68. The Kier molecular flexibility index (Phi) is 3.80. The summed E-state index contributed by atoms with van der Waals surface area (Å²) in [6.45, 7) is 1.59. The zero-order valence-electron chi connectivity index (χ0n) is 11.2. The molecule has 0 spiro atoms. The van der Waals surface area contributed by atoms with Crippen LogP contribution >= 0.6 is 0 Å². The van der Waals surface area contributed by atoms with Crippen molar-refractivity contribution >= 4 is 0 Å². The minimum Gasteiger partial charge on any atom is -0.359 e. The van der Waals surface area contributed by atoms with E-state index in [2.05, 4.69) is 5.32 Å². The van der Waals surface area contributed by atoms with Crippen LogP contribution in [0.5, 0.6) is 0 Å². The van der Waals surface area contributed by atoms with Gasteiger partial charge in [-0.05, 0) is 37.5 Å². The Morgan fingerprint density at radius 2 is 2.40 bits per heavy atom. The van der Waals surface area contributed by atoms with Gasteiger partial charge in [-0.1, -0.05) is 24.3 Å². The summed E-state index contributed by atoms with van der Waals surface area (Å²) >= 11 is 0. The third-order valence-electron chi connectivity index (χ3n) is 3.81. The summed E-state index contributed by atoms with van der Waals surface area (Å²) in [6.07, 6.45) is 13.3. The van der Waals surface area contributed by atoms with E-state index >= 15 is 0 Å². The molecule has 5 nitrogen and oxygen atoms in total. The van der Waals surface area contributed by atoms with E-state index in [1.165, 1.54) is 12.8 Å². The normalized spacial score (nSPS) is 28.5. The molecule has 0 aromatic heterocycles. The summed E-state index contributed by atoms with van der Waals surface area (Å²) < 4.78 is 5.70. The molecule has 1 fully saturated rings. The van der Waals surface area contributed by atoms with E-state index < -0.39 is 0 Å². The molecule has 3 rings (SSSR count). The van der Waals surface area contributed by atoms with E-state index in [0.717, 1.165) is 24.1 Å². The molecule has 5 heteroatoms. The van der Waals surface area contributed by atoms with Crippen molar-refractivity contribution in [1.29, 1.82) is 0 Å². The lowest BCUT2D eigenvalue weighted by Crippen LogP contribution is -2.36. The molecule has 1 saturated heterocycles. The summed E-state index contributed by atoms with van der Waals surface area (Å²) in [5, 5.41) is 14.0. The van der Waals surface area contributed by atoms with Crippen LogP contribution < -0.4 is 5.32 Å². The predicted molar refractivity (Wildman–Crippen MR) is 75.5 cm³/mol. The molecule has 0 aromatic carbocycles.